The van der Waals surface area contributed by atoms with Gasteiger partial charge in [-0.05, 0) is 30.9 Å². The molecule has 3 rings (SSSR count). The summed E-state index contributed by atoms with van der Waals surface area (Å²) in [6.45, 7) is 9.38. The number of hydrogen-bond acceptors (Lipinski definition) is 4. The molecular weight excluding hydrogens is 306 g/mol. The van der Waals surface area contributed by atoms with Crippen molar-refractivity contribution >= 4 is 5.91 Å². The van der Waals surface area contributed by atoms with Crippen molar-refractivity contribution in [3.8, 4) is 0 Å². The maximum atomic E-state index is 13.0. The second-order valence-corrected chi connectivity index (χ2v) is 7.23. The van der Waals surface area contributed by atoms with E-state index in [4.69, 9.17) is 4.74 Å². The molecule has 2 saturated heterocycles. The van der Waals surface area contributed by atoms with Crippen LogP contribution in [0, 0.1) is 12.8 Å². The fourth-order valence-corrected chi connectivity index (χ4v) is 3.42. The Labute approximate surface area is 142 Å². The molecule has 132 valence electrons. The molecule has 2 fully saturated rings. The molecule has 6 heteroatoms. The summed E-state index contributed by atoms with van der Waals surface area (Å²) in [4.78, 5) is 27.5. The summed E-state index contributed by atoms with van der Waals surface area (Å²) >= 11 is 0. The summed E-state index contributed by atoms with van der Waals surface area (Å²) in [6.07, 6.45) is 2.75. The van der Waals surface area contributed by atoms with Crippen LogP contribution in [0.5, 0.6) is 0 Å². The number of amides is 1. The van der Waals surface area contributed by atoms with Gasteiger partial charge in [-0.1, -0.05) is 13.8 Å². The Morgan fingerprint density at radius 2 is 2.21 bits per heavy atom. The number of fused-ring (bicyclic) bond motifs is 1. The molecule has 0 aliphatic carbocycles. The van der Waals surface area contributed by atoms with Gasteiger partial charge in [0.05, 0.1) is 18.8 Å². The third-order valence-corrected chi connectivity index (χ3v) is 4.93. The number of carbonyl (C=O) groups excluding carboxylic acids is 1. The molecule has 2 atom stereocenters. The van der Waals surface area contributed by atoms with Gasteiger partial charge in [0.2, 0.25) is 0 Å². The third kappa shape index (κ3) is 3.39. The summed E-state index contributed by atoms with van der Waals surface area (Å²) in [6, 6.07) is 2.04. The first-order valence-electron chi connectivity index (χ1n) is 8.81. The van der Waals surface area contributed by atoms with Gasteiger partial charge >= 0.3 is 0 Å². The number of hydrogen-bond donors (Lipinski definition) is 1. The van der Waals surface area contributed by atoms with E-state index in [-0.39, 0.29) is 23.6 Å². The van der Waals surface area contributed by atoms with E-state index in [1.165, 1.54) is 0 Å². The first kappa shape index (κ1) is 17.2. The summed E-state index contributed by atoms with van der Waals surface area (Å²) in [7, 11) is 0. The fraction of sp³-hybridized carbons (Fsp3) is 0.667. The Hall–Kier alpha value is -1.66. The quantitative estimate of drug-likeness (QED) is 0.893. The lowest BCUT2D eigenvalue weighted by atomic mass is 10.1. The number of nitrogens with zero attached hydrogens (tertiary/aromatic N) is 2. The highest BCUT2D eigenvalue weighted by atomic mass is 16.5. The van der Waals surface area contributed by atoms with E-state index >= 15 is 0 Å². The van der Waals surface area contributed by atoms with Gasteiger partial charge in [0.1, 0.15) is 5.56 Å². The molecule has 1 amide bonds. The molecule has 1 aromatic rings. The molecule has 24 heavy (non-hydrogen) atoms. The standard InChI is InChI=1S/C18H27N3O3/c1-12(2)4-7-20-8-5-13(3)16(17(20)22)18(23)21-10-14-15(11-21)24-9-6-19-14/h5,8,12,14-15,19H,4,6-7,9-11H2,1-3H3/t14-,15+/m0/s1. The third-order valence-electron chi connectivity index (χ3n) is 4.93. The number of nitrogens with one attached hydrogen (secondary N) is 1. The number of pyridine rings is 1. The lowest BCUT2D eigenvalue weighted by molar-refractivity contribution is 0.0176. The van der Waals surface area contributed by atoms with Crippen LogP contribution in [0.3, 0.4) is 0 Å². The highest BCUT2D eigenvalue weighted by Crippen LogP contribution is 2.19. The average molecular weight is 333 g/mol. The first-order chi connectivity index (χ1) is 11.5. The van der Waals surface area contributed by atoms with Crippen molar-refractivity contribution in [3.05, 3.63) is 33.7 Å². The number of morpholine rings is 1. The molecule has 1 aromatic heterocycles. The molecule has 0 radical (unpaired) electrons. The molecule has 0 unspecified atom stereocenters. The van der Waals surface area contributed by atoms with Crippen molar-refractivity contribution in [1.82, 2.24) is 14.8 Å². The predicted octanol–water partition coefficient (Wildman–Crippen LogP) is 1.02. The predicted molar refractivity (Wildman–Crippen MR) is 92.3 cm³/mol. The lowest BCUT2D eigenvalue weighted by Gasteiger charge is -2.25. The second kappa shape index (κ2) is 7.07. The highest BCUT2D eigenvalue weighted by Gasteiger charge is 2.38. The minimum Gasteiger partial charge on any atom is -0.373 e. The van der Waals surface area contributed by atoms with Crippen molar-refractivity contribution in [1.29, 1.82) is 0 Å². The van der Waals surface area contributed by atoms with Gasteiger partial charge in [-0.15, -0.1) is 0 Å². The Morgan fingerprint density at radius 1 is 1.42 bits per heavy atom. The van der Waals surface area contributed by atoms with E-state index in [0.717, 1.165) is 18.5 Å². The minimum absolute atomic E-state index is 0.0369. The molecule has 2 aliphatic rings. The largest absolute Gasteiger partial charge is 0.373 e. The van der Waals surface area contributed by atoms with E-state index in [1.54, 1.807) is 15.7 Å². The summed E-state index contributed by atoms with van der Waals surface area (Å²) < 4.78 is 7.39. The van der Waals surface area contributed by atoms with Crippen molar-refractivity contribution in [2.24, 2.45) is 5.92 Å². The molecule has 0 saturated carbocycles. The average Bonchev–Trinajstić information content (AvgIpc) is 2.98. The Balaban J connectivity index is 1.81. The van der Waals surface area contributed by atoms with Crippen LogP contribution < -0.4 is 10.9 Å². The summed E-state index contributed by atoms with van der Waals surface area (Å²) in [5.74, 6) is 0.346. The van der Waals surface area contributed by atoms with Gasteiger partial charge < -0.3 is 19.5 Å². The van der Waals surface area contributed by atoms with Crippen LogP contribution in [0.2, 0.25) is 0 Å². The number of likely N-dealkylation sites (tertiary alicyclic amines) is 1. The maximum absolute atomic E-state index is 13.0. The monoisotopic (exact) mass is 333 g/mol. The Morgan fingerprint density at radius 3 is 2.92 bits per heavy atom. The Bertz CT molecular complexity index is 654. The van der Waals surface area contributed by atoms with Crippen molar-refractivity contribution in [2.45, 2.75) is 45.9 Å². The second-order valence-electron chi connectivity index (χ2n) is 7.23. The lowest BCUT2D eigenvalue weighted by Crippen LogP contribution is -2.47. The van der Waals surface area contributed by atoms with Crippen LogP contribution in [0.1, 0.15) is 36.2 Å². The molecule has 0 aromatic carbocycles. The van der Waals surface area contributed by atoms with Gasteiger partial charge in [0, 0.05) is 32.4 Å². The Kier molecular flexibility index (Phi) is 5.06. The van der Waals surface area contributed by atoms with E-state index in [2.05, 4.69) is 19.2 Å². The van der Waals surface area contributed by atoms with Gasteiger partial charge in [-0.25, -0.2) is 0 Å². The summed E-state index contributed by atoms with van der Waals surface area (Å²) in [5.41, 5.74) is 0.874. The van der Waals surface area contributed by atoms with Crippen LogP contribution in [0.4, 0.5) is 0 Å². The molecular formula is C18H27N3O3. The smallest absolute Gasteiger partial charge is 0.263 e. The van der Waals surface area contributed by atoms with Crippen LogP contribution in [0.15, 0.2) is 17.1 Å². The highest BCUT2D eigenvalue weighted by molar-refractivity contribution is 5.95. The number of aromatic nitrogens is 1. The molecule has 0 spiro atoms. The van der Waals surface area contributed by atoms with Crippen LogP contribution >= 0.6 is 0 Å². The van der Waals surface area contributed by atoms with Crippen LogP contribution in [-0.4, -0.2) is 53.8 Å². The van der Waals surface area contributed by atoms with E-state index in [0.29, 0.717) is 37.7 Å². The van der Waals surface area contributed by atoms with E-state index < -0.39 is 0 Å². The zero-order valence-corrected chi connectivity index (χ0v) is 14.7. The van der Waals surface area contributed by atoms with E-state index in [9.17, 15) is 9.59 Å². The molecule has 2 aliphatic heterocycles. The molecule has 3 heterocycles. The van der Waals surface area contributed by atoms with E-state index in [1.807, 2.05) is 13.0 Å². The van der Waals surface area contributed by atoms with Gasteiger partial charge in [-0.3, -0.25) is 9.59 Å². The van der Waals surface area contributed by atoms with Crippen molar-refractivity contribution in [3.63, 3.8) is 0 Å². The zero-order chi connectivity index (χ0) is 17.3. The van der Waals surface area contributed by atoms with Gasteiger partial charge in [-0.2, -0.15) is 0 Å². The number of aryl methyl sites for hydroxylation is 2. The normalized spacial score (nSPS) is 23.6. The minimum atomic E-state index is -0.176. The van der Waals surface area contributed by atoms with Gasteiger partial charge in [0.15, 0.2) is 0 Å². The van der Waals surface area contributed by atoms with Crippen LogP contribution in [0.25, 0.3) is 0 Å². The van der Waals surface area contributed by atoms with Crippen LogP contribution in [-0.2, 0) is 11.3 Å². The fourth-order valence-electron chi connectivity index (χ4n) is 3.42. The van der Waals surface area contributed by atoms with Crippen molar-refractivity contribution in [2.75, 3.05) is 26.2 Å². The number of carbonyl (C=O) groups is 1. The summed E-state index contributed by atoms with van der Waals surface area (Å²) in [5, 5.41) is 3.39. The molecule has 6 nitrogen and oxygen atoms in total. The SMILES string of the molecule is Cc1ccn(CCC(C)C)c(=O)c1C(=O)N1C[C@@H]2NCCO[C@@H]2C1. The molecule has 0 bridgehead atoms. The number of rotatable bonds is 4. The van der Waals surface area contributed by atoms with Crippen molar-refractivity contribution < 1.29 is 9.53 Å². The maximum Gasteiger partial charge on any atom is 0.263 e. The number of ether oxygens (including phenoxy) is 1. The van der Waals surface area contributed by atoms with Gasteiger partial charge in [0.25, 0.3) is 11.5 Å². The molecule has 1 N–H and O–H groups in total. The topological polar surface area (TPSA) is 63.6 Å². The zero-order valence-electron chi connectivity index (χ0n) is 14.7. The first-order valence-corrected chi connectivity index (χ1v) is 8.81.